The van der Waals surface area contributed by atoms with E-state index >= 15 is 0 Å². The minimum atomic E-state index is 0. The van der Waals surface area contributed by atoms with Gasteiger partial charge in [-0.15, -0.1) is 24.0 Å². The van der Waals surface area contributed by atoms with Crippen LogP contribution >= 0.6 is 24.0 Å². The Balaban J connectivity index is 0.00000264. The first-order chi connectivity index (χ1) is 10.6. The molecular formula is C18H30IN3O. The van der Waals surface area contributed by atoms with E-state index in [1.807, 2.05) is 12.1 Å². The maximum Gasteiger partial charge on any atom is 0.193 e. The van der Waals surface area contributed by atoms with E-state index in [2.05, 4.69) is 36.3 Å². The molecule has 1 aliphatic carbocycles. The lowest BCUT2D eigenvalue weighted by Gasteiger charge is -2.11. The predicted octanol–water partition coefficient (Wildman–Crippen LogP) is 4.50. The summed E-state index contributed by atoms with van der Waals surface area (Å²) in [7, 11) is 0. The highest BCUT2D eigenvalue weighted by atomic mass is 127. The standard InChI is InChI=1S/C18H29N3O.HI/c1-14(2)15-7-5-8-16(13-15)21-18(19)20-11-6-12-22-17-9-3-4-10-17;/h5,7-8,13-14,17H,3-4,6,9-12H2,1-2H3,(H3,19,20,21);1H. The SMILES string of the molecule is CC(C)c1cccc(NC(N)=NCCCOC2CCCC2)c1.I. The van der Waals surface area contributed by atoms with Crippen molar-refractivity contribution in [1.82, 2.24) is 0 Å². The average molecular weight is 431 g/mol. The number of halogens is 1. The molecule has 0 unspecified atom stereocenters. The number of hydrogen-bond acceptors (Lipinski definition) is 2. The second-order valence-electron chi connectivity index (χ2n) is 6.30. The van der Waals surface area contributed by atoms with Gasteiger partial charge in [0.15, 0.2) is 5.96 Å². The smallest absolute Gasteiger partial charge is 0.193 e. The second kappa shape index (κ2) is 10.9. The van der Waals surface area contributed by atoms with Crippen LogP contribution in [0.25, 0.3) is 0 Å². The van der Waals surface area contributed by atoms with Crippen LogP contribution in [0.3, 0.4) is 0 Å². The Bertz CT molecular complexity index is 485. The highest BCUT2D eigenvalue weighted by Crippen LogP contribution is 2.21. The average Bonchev–Trinajstić information content (AvgIpc) is 3.00. The van der Waals surface area contributed by atoms with Crippen LogP contribution in [0.5, 0.6) is 0 Å². The third-order valence-corrected chi connectivity index (χ3v) is 4.07. The van der Waals surface area contributed by atoms with Gasteiger partial charge in [0, 0.05) is 18.8 Å². The Hall–Kier alpha value is -0.820. The van der Waals surface area contributed by atoms with Gasteiger partial charge in [-0.2, -0.15) is 0 Å². The summed E-state index contributed by atoms with van der Waals surface area (Å²) in [6.45, 7) is 5.85. The van der Waals surface area contributed by atoms with Gasteiger partial charge in [-0.25, -0.2) is 0 Å². The van der Waals surface area contributed by atoms with Crippen molar-refractivity contribution in [1.29, 1.82) is 0 Å². The Morgan fingerprint density at radius 3 is 2.78 bits per heavy atom. The number of guanidine groups is 1. The van der Waals surface area contributed by atoms with Gasteiger partial charge in [0.25, 0.3) is 0 Å². The molecule has 0 atom stereocenters. The summed E-state index contributed by atoms with van der Waals surface area (Å²) < 4.78 is 5.81. The molecule has 0 spiro atoms. The van der Waals surface area contributed by atoms with Crippen LogP contribution in [-0.2, 0) is 4.74 Å². The fourth-order valence-electron chi connectivity index (χ4n) is 2.73. The van der Waals surface area contributed by atoms with E-state index in [0.717, 1.165) is 18.7 Å². The van der Waals surface area contributed by atoms with E-state index in [-0.39, 0.29) is 24.0 Å². The van der Waals surface area contributed by atoms with Crippen molar-refractivity contribution >= 4 is 35.6 Å². The molecule has 1 aromatic carbocycles. The zero-order valence-corrected chi connectivity index (χ0v) is 16.6. The normalized spacial score (nSPS) is 15.7. The van der Waals surface area contributed by atoms with E-state index in [0.29, 0.717) is 24.5 Å². The van der Waals surface area contributed by atoms with Gasteiger partial charge < -0.3 is 15.8 Å². The maximum absolute atomic E-state index is 5.93. The number of ether oxygens (including phenoxy) is 1. The van der Waals surface area contributed by atoms with Crippen molar-refractivity contribution in [2.24, 2.45) is 10.7 Å². The van der Waals surface area contributed by atoms with Crippen molar-refractivity contribution < 1.29 is 4.74 Å². The predicted molar refractivity (Wildman–Crippen MR) is 109 cm³/mol. The molecule has 0 saturated heterocycles. The quantitative estimate of drug-likeness (QED) is 0.289. The third-order valence-electron chi connectivity index (χ3n) is 4.07. The second-order valence-corrected chi connectivity index (χ2v) is 6.30. The fraction of sp³-hybridized carbons (Fsp3) is 0.611. The molecule has 0 aromatic heterocycles. The Labute approximate surface area is 157 Å². The molecule has 0 heterocycles. The van der Waals surface area contributed by atoms with E-state index in [1.165, 1.54) is 31.2 Å². The highest BCUT2D eigenvalue weighted by Gasteiger charge is 2.14. The number of nitrogens with two attached hydrogens (primary N) is 1. The van der Waals surface area contributed by atoms with Crippen molar-refractivity contribution in [3.05, 3.63) is 29.8 Å². The third kappa shape index (κ3) is 7.52. The van der Waals surface area contributed by atoms with Crippen molar-refractivity contribution in [3.8, 4) is 0 Å². The molecule has 1 aliphatic rings. The molecule has 3 N–H and O–H groups in total. The molecule has 0 aliphatic heterocycles. The molecule has 23 heavy (non-hydrogen) atoms. The highest BCUT2D eigenvalue weighted by molar-refractivity contribution is 14.0. The number of nitrogens with zero attached hydrogens (tertiary/aromatic N) is 1. The van der Waals surface area contributed by atoms with Crippen LogP contribution in [0, 0.1) is 0 Å². The zero-order chi connectivity index (χ0) is 15.8. The number of nitrogens with one attached hydrogen (secondary N) is 1. The van der Waals surface area contributed by atoms with Gasteiger partial charge in [-0.1, -0.05) is 38.8 Å². The lowest BCUT2D eigenvalue weighted by atomic mass is 10.0. The molecule has 1 fully saturated rings. The number of hydrogen-bond donors (Lipinski definition) is 2. The van der Waals surface area contributed by atoms with E-state index in [9.17, 15) is 0 Å². The fourth-order valence-corrected chi connectivity index (χ4v) is 2.73. The van der Waals surface area contributed by atoms with Crippen LogP contribution in [0.2, 0.25) is 0 Å². The lowest BCUT2D eigenvalue weighted by molar-refractivity contribution is 0.0579. The summed E-state index contributed by atoms with van der Waals surface area (Å²) in [4.78, 5) is 4.36. The van der Waals surface area contributed by atoms with Gasteiger partial charge >= 0.3 is 0 Å². The largest absolute Gasteiger partial charge is 0.378 e. The number of aliphatic imine (C=N–C) groups is 1. The van der Waals surface area contributed by atoms with E-state index in [4.69, 9.17) is 10.5 Å². The van der Waals surface area contributed by atoms with Crippen LogP contribution < -0.4 is 11.1 Å². The minimum Gasteiger partial charge on any atom is -0.378 e. The van der Waals surface area contributed by atoms with Crippen molar-refractivity contribution in [2.45, 2.75) is 58.0 Å². The summed E-state index contributed by atoms with van der Waals surface area (Å²) in [6, 6.07) is 8.30. The molecule has 0 amide bonds. The maximum atomic E-state index is 5.93. The number of benzene rings is 1. The Morgan fingerprint density at radius 2 is 2.09 bits per heavy atom. The molecule has 130 valence electrons. The minimum absolute atomic E-state index is 0. The Morgan fingerprint density at radius 1 is 1.35 bits per heavy atom. The van der Waals surface area contributed by atoms with E-state index in [1.54, 1.807) is 0 Å². The molecular weight excluding hydrogens is 401 g/mol. The summed E-state index contributed by atoms with van der Waals surface area (Å²) in [6.07, 6.45) is 6.48. The van der Waals surface area contributed by atoms with Gasteiger partial charge in [-0.3, -0.25) is 4.99 Å². The van der Waals surface area contributed by atoms with Crippen molar-refractivity contribution in [3.63, 3.8) is 0 Å². The number of anilines is 1. The summed E-state index contributed by atoms with van der Waals surface area (Å²) in [5.74, 6) is 0.981. The van der Waals surface area contributed by atoms with Gasteiger partial charge in [0.2, 0.25) is 0 Å². The summed E-state index contributed by atoms with van der Waals surface area (Å²) in [5, 5.41) is 3.16. The van der Waals surface area contributed by atoms with Crippen LogP contribution in [-0.4, -0.2) is 25.2 Å². The van der Waals surface area contributed by atoms with Crippen LogP contribution in [0.1, 0.15) is 57.4 Å². The number of rotatable bonds is 7. The molecule has 0 bridgehead atoms. The zero-order valence-electron chi connectivity index (χ0n) is 14.3. The summed E-state index contributed by atoms with van der Waals surface area (Å²) >= 11 is 0. The Kier molecular flexibility index (Phi) is 9.55. The molecule has 5 heteroatoms. The van der Waals surface area contributed by atoms with Crippen LogP contribution in [0.4, 0.5) is 5.69 Å². The first kappa shape index (κ1) is 20.2. The lowest BCUT2D eigenvalue weighted by Crippen LogP contribution is -2.23. The molecule has 0 radical (unpaired) electrons. The van der Waals surface area contributed by atoms with Gasteiger partial charge in [-0.05, 0) is 42.9 Å². The first-order valence-electron chi connectivity index (χ1n) is 8.43. The van der Waals surface area contributed by atoms with Gasteiger partial charge in [0.05, 0.1) is 6.10 Å². The first-order valence-corrected chi connectivity index (χ1v) is 8.43. The molecule has 1 aromatic rings. The summed E-state index contributed by atoms with van der Waals surface area (Å²) in [5.41, 5.74) is 8.22. The molecule has 4 nitrogen and oxygen atoms in total. The van der Waals surface area contributed by atoms with Crippen LogP contribution in [0.15, 0.2) is 29.3 Å². The molecule has 1 saturated carbocycles. The topological polar surface area (TPSA) is 59.6 Å². The molecule has 2 rings (SSSR count). The van der Waals surface area contributed by atoms with Crippen molar-refractivity contribution in [2.75, 3.05) is 18.5 Å². The van der Waals surface area contributed by atoms with E-state index < -0.39 is 0 Å². The van der Waals surface area contributed by atoms with Gasteiger partial charge in [0.1, 0.15) is 0 Å². The monoisotopic (exact) mass is 431 g/mol.